The summed E-state index contributed by atoms with van der Waals surface area (Å²) in [4.78, 5) is 18.4. The van der Waals surface area contributed by atoms with Crippen LogP contribution in [-0.2, 0) is 30.4 Å². The molecular formula is C30H22N8O14S3. The summed E-state index contributed by atoms with van der Waals surface area (Å²) in [5, 5.41) is 53.6. The first-order valence-electron chi connectivity index (χ1n) is 14.6. The van der Waals surface area contributed by atoms with E-state index in [1.54, 1.807) is 6.92 Å². The third-order valence-electron chi connectivity index (χ3n) is 7.39. The Bertz CT molecular complexity index is 2900. The number of anilines is 1. The van der Waals surface area contributed by atoms with Crippen LogP contribution in [0.3, 0.4) is 0 Å². The Balaban J connectivity index is 1.63. The molecule has 0 radical (unpaired) electrons. The third-order valence-corrected chi connectivity index (χ3v) is 10.0. The van der Waals surface area contributed by atoms with Crippen LogP contribution in [-0.4, -0.2) is 60.0 Å². The monoisotopic (exact) mass is 814 g/mol. The van der Waals surface area contributed by atoms with Crippen LogP contribution in [0, 0.1) is 17.0 Å². The number of phenolic OH excluding ortho intramolecular Hbond substituents is 1. The zero-order valence-electron chi connectivity index (χ0n) is 27.3. The summed E-state index contributed by atoms with van der Waals surface area (Å²) in [6.45, 7) is 1.63. The number of aryl methyl sites for hydroxylation is 1. The normalized spacial score (nSPS) is 12.7. The Morgan fingerprint density at radius 3 is 1.89 bits per heavy atom. The van der Waals surface area contributed by atoms with Gasteiger partial charge in [-0.25, -0.2) is 4.79 Å². The van der Waals surface area contributed by atoms with E-state index in [1.807, 2.05) is 0 Å². The van der Waals surface area contributed by atoms with Crippen LogP contribution in [0.25, 0.3) is 10.8 Å². The average molecular weight is 815 g/mol. The van der Waals surface area contributed by atoms with E-state index in [2.05, 4.69) is 30.7 Å². The molecule has 0 unspecified atom stereocenters. The lowest BCUT2D eigenvalue weighted by Gasteiger charge is -2.14. The Labute approximate surface area is 308 Å². The number of carboxylic acid groups (broad SMARTS) is 1. The van der Waals surface area contributed by atoms with E-state index in [0.29, 0.717) is 41.6 Å². The van der Waals surface area contributed by atoms with Crippen molar-refractivity contribution in [2.45, 2.75) is 21.6 Å². The second-order valence-electron chi connectivity index (χ2n) is 11.1. The first-order valence-corrected chi connectivity index (χ1v) is 18.9. The summed E-state index contributed by atoms with van der Waals surface area (Å²) in [7, 11) is -15.6. The summed E-state index contributed by atoms with van der Waals surface area (Å²) in [6.07, 6.45) is 0. The molecule has 0 fully saturated rings. The summed E-state index contributed by atoms with van der Waals surface area (Å²) >= 11 is 0. The number of phenols is 1. The number of carboxylic acids is 1. The number of rotatable bonds is 11. The standard InChI is InChI=1S/C30H22N8O14S3/c1-14-9-17(5-7-20(14)34-32-16-4-2-3-15(10-16)30(40)41)33-36-22-13-24(54(47,48)49)19-12-25(55(50,51)52)28(29(39)26(19)27(22)31)37-35-21-8-6-18(53(44,45)46)11-23(21)38(42)43/h2-13,39H,31H2,1H3,(H,40,41)(H,44,45,46)(H,47,48,49)(H,50,51,52)/b34-32+,36-33+,37-35+. The number of aromatic hydroxyl groups is 1. The molecule has 0 spiro atoms. The molecule has 0 heterocycles. The smallest absolute Gasteiger partial charge is 0.335 e. The van der Waals surface area contributed by atoms with Gasteiger partial charge in [-0.2, -0.15) is 40.6 Å². The van der Waals surface area contributed by atoms with Crippen molar-refractivity contribution in [3.63, 3.8) is 0 Å². The van der Waals surface area contributed by atoms with E-state index in [0.717, 1.165) is 0 Å². The molecule has 5 rings (SSSR count). The fourth-order valence-corrected chi connectivity index (χ4v) is 6.68. The molecule has 0 bridgehead atoms. The van der Waals surface area contributed by atoms with E-state index in [1.165, 1.54) is 42.5 Å². The minimum atomic E-state index is -5.43. The Kier molecular flexibility index (Phi) is 10.5. The average Bonchev–Trinajstić information content (AvgIpc) is 3.08. The van der Waals surface area contributed by atoms with Crippen LogP contribution in [0.4, 0.5) is 45.5 Å². The number of hydrogen-bond acceptors (Lipinski definition) is 17. The molecule has 0 aliphatic carbocycles. The Hall–Kier alpha value is -6.64. The van der Waals surface area contributed by atoms with Crippen molar-refractivity contribution in [2.24, 2.45) is 30.7 Å². The SMILES string of the molecule is Cc1cc(/N=N/c2cc(S(=O)(=O)O)c3cc(S(=O)(=O)O)c(/N=N/c4ccc(S(=O)(=O)O)cc4[N+](=O)[O-])c(O)c3c2N)ccc1/N=N/c1cccc(C(=O)O)c1. The number of hydrogen-bond donors (Lipinski definition) is 6. The van der Waals surface area contributed by atoms with Crippen LogP contribution in [0.2, 0.25) is 0 Å². The van der Waals surface area contributed by atoms with Crippen molar-refractivity contribution in [2.75, 3.05) is 5.73 Å². The minimum Gasteiger partial charge on any atom is -0.505 e. The second kappa shape index (κ2) is 14.6. The van der Waals surface area contributed by atoms with Crippen molar-refractivity contribution < 1.29 is 58.8 Å². The van der Waals surface area contributed by atoms with Crippen LogP contribution in [0.5, 0.6) is 5.75 Å². The molecule has 5 aromatic rings. The Morgan fingerprint density at radius 1 is 0.709 bits per heavy atom. The third kappa shape index (κ3) is 8.61. The zero-order chi connectivity index (χ0) is 40.6. The van der Waals surface area contributed by atoms with Gasteiger partial charge >= 0.3 is 5.97 Å². The predicted molar refractivity (Wildman–Crippen MR) is 190 cm³/mol. The number of benzene rings is 5. The topological polar surface area (TPSA) is 364 Å². The van der Waals surface area contributed by atoms with Gasteiger partial charge in [0.05, 0.1) is 38.6 Å². The van der Waals surface area contributed by atoms with Crippen molar-refractivity contribution >= 4 is 92.6 Å². The Morgan fingerprint density at radius 2 is 1.31 bits per heavy atom. The minimum absolute atomic E-state index is 0.000487. The lowest BCUT2D eigenvalue weighted by molar-refractivity contribution is -0.384. The molecule has 284 valence electrons. The van der Waals surface area contributed by atoms with Gasteiger partial charge in [0.2, 0.25) is 0 Å². The largest absolute Gasteiger partial charge is 0.505 e. The number of nitro groups is 1. The van der Waals surface area contributed by atoms with E-state index in [-0.39, 0.29) is 16.9 Å². The molecule has 0 aliphatic rings. The number of azo groups is 3. The van der Waals surface area contributed by atoms with E-state index < -0.39 is 101 Å². The molecule has 55 heavy (non-hydrogen) atoms. The fraction of sp³-hybridized carbons (Fsp3) is 0.0333. The predicted octanol–water partition coefficient (Wildman–Crippen LogP) is 7.03. The van der Waals surface area contributed by atoms with Crippen LogP contribution < -0.4 is 5.73 Å². The first kappa shape index (κ1) is 39.6. The molecule has 7 N–H and O–H groups in total. The first-order chi connectivity index (χ1) is 25.6. The number of nitro benzene ring substituents is 1. The molecule has 0 aromatic heterocycles. The van der Waals surface area contributed by atoms with Crippen LogP contribution in [0.1, 0.15) is 15.9 Å². The highest BCUT2D eigenvalue weighted by Gasteiger charge is 2.29. The molecule has 22 nitrogen and oxygen atoms in total. The van der Waals surface area contributed by atoms with Gasteiger partial charge in [0.1, 0.15) is 26.1 Å². The van der Waals surface area contributed by atoms with E-state index in [4.69, 9.17) is 5.73 Å². The van der Waals surface area contributed by atoms with E-state index >= 15 is 0 Å². The van der Waals surface area contributed by atoms with Gasteiger partial charge in [-0.15, -0.1) is 15.3 Å². The van der Waals surface area contributed by atoms with Gasteiger partial charge in [0.15, 0.2) is 11.4 Å². The van der Waals surface area contributed by atoms with Gasteiger partial charge in [-0.1, -0.05) is 6.07 Å². The maximum absolute atomic E-state index is 12.5. The number of nitrogens with two attached hydrogens (primary N) is 1. The number of carbonyl (C=O) groups is 1. The van der Waals surface area contributed by atoms with E-state index in [9.17, 15) is 64.0 Å². The highest BCUT2D eigenvalue weighted by molar-refractivity contribution is 7.86. The summed E-state index contributed by atoms with van der Waals surface area (Å²) in [6, 6.07) is 13.0. The molecule has 0 amide bonds. The maximum Gasteiger partial charge on any atom is 0.335 e. The maximum atomic E-state index is 12.5. The highest BCUT2D eigenvalue weighted by atomic mass is 32.2. The number of nitrogen functional groups attached to an aromatic ring is 1. The van der Waals surface area contributed by atoms with Crippen molar-refractivity contribution in [1.29, 1.82) is 0 Å². The molecule has 0 saturated carbocycles. The van der Waals surface area contributed by atoms with Gasteiger partial charge in [-0.05, 0) is 73.2 Å². The van der Waals surface area contributed by atoms with Gasteiger partial charge in [0, 0.05) is 11.5 Å². The molecule has 5 aromatic carbocycles. The number of fused-ring (bicyclic) bond motifs is 1. The van der Waals surface area contributed by atoms with Gasteiger partial charge in [-0.3, -0.25) is 23.8 Å². The van der Waals surface area contributed by atoms with Gasteiger partial charge < -0.3 is 15.9 Å². The number of aromatic carboxylic acids is 1. The van der Waals surface area contributed by atoms with Crippen LogP contribution >= 0.6 is 0 Å². The van der Waals surface area contributed by atoms with Gasteiger partial charge in [0.25, 0.3) is 36.0 Å². The number of nitrogens with zero attached hydrogens (tertiary/aromatic N) is 7. The zero-order valence-corrected chi connectivity index (χ0v) is 29.7. The fourth-order valence-electron chi connectivity index (χ4n) is 4.84. The molecular weight excluding hydrogens is 793 g/mol. The lowest BCUT2D eigenvalue weighted by Crippen LogP contribution is -2.04. The summed E-state index contributed by atoms with van der Waals surface area (Å²) < 4.78 is 102. The molecule has 0 aliphatic heterocycles. The van der Waals surface area contributed by atoms with Crippen molar-refractivity contribution in [3.8, 4) is 5.75 Å². The van der Waals surface area contributed by atoms with Crippen molar-refractivity contribution in [1.82, 2.24) is 0 Å². The quantitative estimate of drug-likeness (QED) is 0.0256. The highest BCUT2D eigenvalue weighted by Crippen LogP contribution is 2.48. The molecule has 0 saturated heterocycles. The molecule has 0 atom stereocenters. The van der Waals surface area contributed by atoms with Crippen molar-refractivity contribution in [3.05, 3.63) is 94.0 Å². The van der Waals surface area contributed by atoms with Crippen LogP contribution in [0.15, 0.2) is 118 Å². The molecule has 25 heteroatoms. The lowest BCUT2D eigenvalue weighted by atomic mass is 10.0. The summed E-state index contributed by atoms with van der Waals surface area (Å²) in [5.41, 5.74) is 3.46. The second-order valence-corrected chi connectivity index (χ2v) is 15.3. The summed E-state index contributed by atoms with van der Waals surface area (Å²) in [5.74, 6) is -2.43.